The maximum Gasteiger partial charge on any atom is 0.267 e. The first kappa shape index (κ1) is 15.0. The lowest BCUT2D eigenvalue weighted by molar-refractivity contribution is 0.0955. The minimum absolute atomic E-state index is 0.00278. The third kappa shape index (κ3) is 3.20. The molecule has 0 radical (unpaired) electrons. The molecule has 1 fully saturated rings. The summed E-state index contributed by atoms with van der Waals surface area (Å²) >= 11 is 0. The SMILES string of the molecule is CNC(=O)c1cc(S(=O)(=O)NCC(O)C2CC2)cn1C. The molecule has 1 aromatic rings. The summed E-state index contributed by atoms with van der Waals surface area (Å²) in [6.45, 7) is -0.00278. The Labute approximate surface area is 118 Å². The Morgan fingerprint density at radius 1 is 1.55 bits per heavy atom. The van der Waals surface area contributed by atoms with E-state index in [0.29, 0.717) is 0 Å². The van der Waals surface area contributed by atoms with Crippen molar-refractivity contribution in [2.24, 2.45) is 13.0 Å². The molecule has 8 heteroatoms. The molecule has 1 aliphatic carbocycles. The average molecular weight is 301 g/mol. The van der Waals surface area contributed by atoms with Crippen LogP contribution in [0.25, 0.3) is 0 Å². The van der Waals surface area contributed by atoms with Crippen LogP contribution in [0.1, 0.15) is 23.3 Å². The van der Waals surface area contributed by atoms with Crippen molar-refractivity contribution in [2.75, 3.05) is 13.6 Å². The fraction of sp³-hybridized carbons (Fsp3) is 0.583. The summed E-state index contributed by atoms with van der Waals surface area (Å²) in [5, 5.41) is 12.1. The van der Waals surface area contributed by atoms with E-state index in [1.54, 1.807) is 7.05 Å². The van der Waals surface area contributed by atoms with Crippen LogP contribution < -0.4 is 10.0 Å². The van der Waals surface area contributed by atoms with Gasteiger partial charge in [0, 0.05) is 26.8 Å². The number of aliphatic hydroxyl groups excluding tert-OH is 1. The number of aliphatic hydroxyl groups is 1. The van der Waals surface area contributed by atoms with Crippen LogP contribution >= 0.6 is 0 Å². The molecule has 2 rings (SSSR count). The van der Waals surface area contributed by atoms with Gasteiger partial charge in [-0.2, -0.15) is 0 Å². The number of aromatic nitrogens is 1. The molecule has 3 N–H and O–H groups in total. The molecule has 112 valence electrons. The molecular weight excluding hydrogens is 282 g/mol. The number of aryl methyl sites for hydroxylation is 1. The Hall–Kier alpha value is -1.38. The molecule has 1 heterocycles. The van der Waals surface area contributed by atoms with Gasteiger partial charge in [-0.3, -0.25) is 4.79 Å². The van der Waals surface area contributed by atoms with E-state index < -0.39 is 16.1 Å². The summed E-state index contributed by atoms with van der Waals surface area (Å²) in [5.74, 6) is -0.151. The van der Waals surface area contributed by atoms with Gasteiger partial charge in [-0.05, 0) is 24.8 Å². The predicted molar refractivity (Wildman–Crippen MR) is 72.7 cm³/mol. The molecule has 1 aliphatic rings. The lowest BCUT2D eigenvalue weighted by atomic mass is 10.2. The first-order valence-electron chi connectivity index (χ1n) is 6.41. The van der Waals surface area contributed by atoms with Crippen LogP contribution in [0.4, 0.5) is 0 Å². The van der Waals surface area contributed by atoms with Crippen LogP contribution in [0.3, 0.4) is 0 Å². The number of hydrogen-bond acceptors (Lipinski definition) is 4. The number of sulfonamides is 1. The van der Waals surface area contributed by atoms with E-state index in [1.165, 1.54) is 23.9 Å². The van der Waals surface area contributed by atoms with Crippen molar-refractivity contribution < 1.29 is 18.3 Å². The zero-order valence-corrected chi connectivity index (χ0v) is 12.3. The van der Waals surface area contributed by atoms with Crippen LogP contribution in [0.15, 0.2) is 17.2 Å². The van der Waals surface area contributed by atoms with Crippen molar-refractivity contribution in [2.45, 2.75) is 23.8 Å². The fourth-order valence-electron chi connectivity index (χ4n) is 1.96. The highest BCUT2D eigenvalue weighted by molar-refractivity contribution is 7.89. The monoisotopic (exact) mass is 301 g/mol. The predicted octanol–water partition coefficient (Wildman–Crippen LogP) is -0.566. The van der Waals surface area contributed by atoms with Crippen molar-refractivity contribution in [3.8, 4) is 0 Å². The number of carbonyl (C=O) groups is 1. The van der Waals surface area contributed by atoms with E-state index in [2.05, 4.69) is 10.0 Å². The summed E-state index contributed by atoms with van der Waals surface area (Å²) in [4.78, 5) is 11.6. The first-order chi connectivity index (χ1) is 9.35. The van der Waals surface area contributed by atoms with Crippen LogP contribution in [-0.4, -0.2) is 43.7 Å². The molecule has 1 atom stereocenters. The van der Waals surface area contributed by atoms with Crippen LogP contribution in [0.2, 0.25) is 0 Å². The van der Waals surface area contributed by atoms with Crippen molar-refractivity contribution in [1.29, 1.82) is 0 Å². The van der Waals surface area contributed by atoms with Crippen LogP contribution in [0, 0.1) is 5.92 Å². The third-order valence-corrected chi connectivity index (χ3v) is 4.79. The van der Waals surface area contributed by atoms with Gasteiger partial charge >= 0.3 is 0 Å². The van der Waals surface area contributed by atoms with Crippen molar-refractivity contribution >= 4 is 15.9 Å². The molecule has 0 aromatic carbocycles. The summed E-state index contributed by atoms with van der Waals surface area (Å²) in [5.41, 5.74) is 0.260. The molecule has 0 saturated heterocycles. The number of carbonyl (C=O) groups excluding carboxylic acids is 1. The van der Waals surface area contributed by atoms with Gasteiger partial charge in [0.2, 0.25) is 10.0 Å². The van der Waals surface area contributed by atoms with E-state index in [1.807, 2.05) is 0 Å². The molecular formula is C12H19N3O4S. The maximum atomic E-state index is 12.1. The smallest absolute Gasteiger partial charge is 0.267 e. The fourth-order valence-corrected chi connectivity index (χ4v) is 3.08. The maximum absolute atomic E-state index is 12.1. The molecule has 0 aliphatic heterocycles. The summed E-state index contributed by atoms with van der Waals surface area (Å²) in [7, 11) is -0.636. The van der Waals surface area contributed by atoms with E-state index >= 15 is 0 Å². The first-order valence-corrected chi connectivity index (χ1v) is 7.89. The molecule has 20 heavy (non-hydrogen) atoms. The second-order valence-electron chi connectivity index (χ2n) is 5.01. The summed E-state index contributed by atoms with van der Waals surface area (Å²) in [6.07, 6.45) is 2.60. The normalized spacial score (nSPS) is 16.9. The molecule has 0 spiro atoms. The highest BCUT2D eigenvalue weighted by Gasteiger charge is 2.31. The van der Waals surface area contributed by atoms with Crippen LogP contribution in [0.5, 0.6) is 0 Å². The van der Waals surface area contributed by atoms with Gasteiger partial charge in [0.15, 0.2) is 0 Å². The van der Waals surface area contributed by atoms with E-state index in [-0.39, 0.29) is 29.0 Å². The number of rotatable bonds is 6. The molecule has 0 bridgehead atoms. The van der Waals surface area contributed by atoms with Crippen molar-refractivity contribution in [3.63, 3.8) is 0 Å². The lowest BCUT2D eigenvalue weighted by Crippen LogP contribution is -2.33. The third-order valence-electron chi connectivity index (χ3n) is 3.40. The zero-order chi connectivity index (χ0) is 14.9. The van der Waals surface area contributed by atoms with Gasteiger partial charge in [0.1, 0.15) is 10.6 Å². The van der Waals surface area contributed by atoms with E-state index in [4.69, 9.17) is 0 Å². The number of nitrogens with zero attached hydrogens (tertiary/aromatic N) is 1. The van der Waals surface area contributed by atoms with Crippen molar-refractivity contribution in [3.05, 3.63) is 18.0 Å². The largest absolute Gasteiger partial charge is 0.391 e. The van der Waals surface area contributed by atoms with Gasteiger partial charge in [0.05, 0.1) is 6.10 Å². The Morgan fingerprint density at radius 3 is 2.75 bits per heavy atom. The van der Waals surface area contributed by atoms with Gasteiger partial charge in [-0.15, -0.1) is 0 Å². The minimum Gasteiger partial charge on any atom is -0.391 e. The molecule has 1 saturated carbocycles. The van der Waals surface area contributed by atoms with Gasteiger partial charge < -0.3 is 15.0 Å². The summed E-state index contributed by atoms with van der Waals surface area (Å²) in [6, 6.07) is 1.31. The number of nitrogens with one attached hydrogen (secondary N) is 2. The van der Waals surface area contributed by atoms with E-state index in [0.717, 1.165) is 12.8 Å². The second kappa shape index (κ2) is 5.55. The Bertz CT molecular complexity index is 604. The summed E-state index contributed by atoms with van der Waals surface area (Å²) < 4.78 is 28.0. The molecule has 1 unspecified atom stereocenters. The zero-order valence-electron chi connectivity index (χ0n) is 11.5. The quantitative estimate of drug-likeness (QED) is 0.655. The Morgan fingerprint density at radius 2 is 2.20 bits per heavy atom. The lowest BCUT2D eigenvalue weighted by Gasteiger charge is -2.10. The Kier molecular flexibility index (Phi) is 4.17. The van der Waals surface area contributed by atoms with Crippen molar-refractivity contribution in [1.82, 2.24) is 14.6 Å². The number of hydrogen-bond donors (Lipinski definition) is 3. The highest BCUT2D eigenvalue weighted by atomic mass is 32.2. The van der Waals surface area contributed by atoms with Gasteiger partial charge in [0.25, 0.3) is 5.91 Å². The standard InChI is InChI=1S/C12H19N3O4S/c1-13-12(17)10-5-9(7-15(10)2)20(18,19)14-6-11(16)8-3-4-8/h5,7-8,11,14,16H,3-4,6H2,1-2H3,(H,13,17). The number of amides is 1. The Balaban J connectivity index is 2.10. The van der Waals surface area contributed by atoms with Crippen LogP contribution in [-0.2, 0) is 17.1 Å². The highest BCUT2D eigenvalue weighted by Crippen LogP contribution is 2.32. The topological polar surface area (TPSA) is 100 Å². The molecule has 7 nitrogen and oxygen atoms in total. The van der Waals surface area contributed by atoms with E-state index in [9.17, 15) is 18.3 Å². The molecule has 1 aromatic heterocycles. The van der Waals surface area contributed by atoms with Gasteiger partial charge in [-0.1, -0.05) is 0 Å². The molecule has 1 amide bonds. The second-order valence-corrected chi connectivity index (χ2v) is 6.77. The van der Waals surface area contributed by atoms with Gasteiger partial charge in [-0.25, -0.2) is 13.1 Å². The average Bonchev–Trinajstić information content (AvgIpc) is 3.18. The minimum atomic E-state index is -3.72.